The van der Waals surface area contributed by atoms with Crippen LogP contribution >= 0.6 is 11.6 Å². The maximum absolute atomic E-state index is 13.4. The van der Waals surface area contributed by atoms with Crippen molar-refractivity contribution >= 4 is 29.2 Å². The summed E-state index contributed by atoms with van der Waals surface area (Å²) in [4.78, 5) is 32.0. The Labute approximate surface area is 234 Å². The summed E-state index contributed by atoms with van der Waals surface area (Å²) in [7, 11) is 0. The van der Waals surface area contributed by atoms with Gasteiger partial charge in [0.05, 0.1) is 11.0 Å². The summed E-state index contributed by atoms with van der Waals surface area (Å²) >= 11 is 5.99. The van der Waals surface area contributed by atoms with Gasteiger partial charge >= 0.3 is 12.2 Å². The first-order chi connectivity index (χ1) is 18.2. The number of nitrogens with zero attached hydrogens (tertiary/aromatic N) is 3. The molecule has 3 amide bonds. The van der Waals surface area contributed by atoms with Crippen molar-refractivity contribution < 1.29 is 22.8 Å². The van der Waals surface area contributed by atoms with Gasteiger partial charge in [-0.1, -0.05) is 25.5 Å². The van der Waals surface area contributed by atoms with Gasteiger partial charge in [0.15, 0.2) is 0 Å². The van der Waals surface area contributed by atoms with Crippen LogP contribution in [0.1, 0.15) is 46.1 Å². The number of halogens is 4. The lowest BCUT2D eigenvalue weighted by Crippen LogP contribution is -2.54. The number of anilines is 1. The fourth-order valence-electron chi connectivity index (χ4n) is 6.00. The number of hydrogen-bond donors (Lipinski definition) is 1. The van der Waals surface area contributed by atoms with E-state index in [1.54, 1.807) is 4.90 Å². The van der Waals surface area contributed by atoms with Crippen molar-refractivity contribution in [3.8, 4) is 0 Å². The molecule has 4 aliphatic rings. The predicted molar refractivity (Wildman–Crippen MR) is 148 cm³/mol. The summed E-state index contributed by atoms with van der Waals surface area (Å²) in [5.41, 5.74) is 0.467. The Morgan fingerprint density at radius 2 is 1.74 bits per heavy atom. The normalized spacial score (nSPS) is 23.1. The van der Waals surface area contributed by atoms with Gasteiger partial charge in [0.1, 0.15) is 0 Å². The number of benzene rings is 1. The molecule has 2 bridgehead atoms. The second-order valence-corrected chi connectivity index (χ2v) is 12.7. The minimum Gasteiger partial charge on any atom is -0.340 e. The molecule has 1 aliphatic heterocycles. The number of fused-ring (bicyclic) bond motifs is 1. The largest absolute Gasteiger partial charge is 0.416 e. The molecule has 1 aromatic carbocycles. The lowest BCUT2D eigenvalue weighted by atomic mass is 9.49. The van der Waals surface area contributed by atoms with E-state index in [1.807, 2.05) is 18.7 Å². The van der Waals surface area contributed by atoms with Crippen LogP contribution in [0.15, 0.2) is 35.9 Å². The monoisotopic (exact) mass is 568 g/mol. The van der Waals surface area contributed by atoms with E-state index in [4.69, 9.17) is 11.6 Å². The molecule has 216 valence electrons. The van der Waals surface area contributed by atoms with Crippen molar-refractivity contribution in [1.29, 1.82) is 0 Å². The van der Waals surface area contributed by atoms with Crippen molar-refractivity contribution in [3.63, 3.8) is 0 Å². The summed E-state index contributed by atoms with van der Waals surface area (Å²) in [5, 5.41) is 2.80. The zero-order valence-corrected chi connectivity index (χ0v) is 24.0. The lowest BCUT2D eigenvalue weighted by molar-refractivity contribution is -0.141. The number of amides is 3. The highest BCUT2D eigenvalue weighted by Gasteiger charge is 2.51. The maximum atomic E-state index is 13.4. The summed E-state index contributed by atoms with van der Waals surface area (Å²) in [6, 6.07) is 4.21. The van der Waals surface area contributed by atoms with Crippen molar-refractivity contribution in [1.82, 2.24) is 14.7 Å². The third-order valence-corrected chi connectivity index (χ3v) is 9.63. The van der Waals surface area contributed by atoms with E-state index in [9.17, 15) is 22.8 Å². The summed E-state index contributed by atoms with van der Waals surface area (Å²) < 4.78 is 38.9. The summed E-state index contributed by atoms with van der Waals surface area (Å²) in [6.45, 7) is 12.5. The summed E-state index contributed by atoms with van der Waals surface area (Å²) in [5.74, 6) is 1.45. The topological polar surface area (TPSA) is 55.9 Å². The number of allylic oxidation sites excluding steroid dienone is 1. The van der Waals surface area contributed by atoms with Crippen molar-refractivity contribution in [2.45, 2.75) is 46.7 Å². The van der Waals surface area contributed by atoms with Crippen LogP contribution in [0.25, 0.3) is 0 Å². The van der Waals surface area contributed by atoms with Crippen LogP contribution in [0.5, 0.6) is 0 Å². The average molecular weight is 569 g/mol. The fourth-order valence-corrected chi connectivity index (χ4v) is 6.11. The number of hydrogen-bond acceptors (Lipinski definition) is 3. The van der Waals surface area contributed by atoms with Crippen LogP contribution in [0, 0.1) is 22.7 Å². The molecular weight excluding hydrogens is 529 g/mol. The Kier molecular flexibility index (Phi) is 8.62. The molecule has 3 aliphatic carbocycles. The first kappa shape index (κ1) is 29.7. The van der Waals surface area contributed by atoms with Crippen LogP contribution in [0.2, 0.25) is 0 Å². The van der Waals surface area contributed by atoms with E-state index in [-0.39, 0.29) is 23.2 Å². The SMILES string of the molecule is CC(C)(CCl)C(=O)N1CCN(CCN(CC2=CCC3CC2C3(C)C)C(=O)Nc2ccc(C(F)(F)F)cc2)CC1. The standard InChI is InChI=1S/C29H40ClF3N4O2/c1-27(2,19-30)25(38)36-14-11-35(12-15-36)13-16-37(18-20-5-6-22-17-24(20)28(22,3)4)26(39)34-23-9-7-21(8-10-23)29(31,32)33/h5,7-10,22,24H,6,11-19H2,1-4H3,(H,34,39). The van der Waals surface area contributed by atoms with E-state index in [1.165, 1.54) is 17.7 Å². The third-order valence-electron chi connectivity index (χ3n) is 8.97. The minimum atomic E-state index is -4.43. The highest BCUT2D eigenvalue weighted by atomic mass is 35.5. The lowest BCUT2D eigenvalue weighted by Gasteiger charge is -2.57. The Balaban J connectivity index is 1.39. The zero-order chi connectivity index (χ0) is 28.6. The first-order valence-electron chi connectivity index (χ1n) is 13.7. The van der Waals surface area contributed by atoms with Gasteiger partial charge in [-0.05, 0) is 68.2 Å². The number of rotatable bonds is 8. The first-order valence-corrected chi connectivity index (χ1v) is 14.3. The molecule has 10 heteroatoms. The molecule has 0 spiro atoms. The third kappa shape index (κ3) is 6.56. The van der Waals surface area contributed by atoms with Gasteiger partial charge in [-0.25, -0.2) is 4.79 Å². The Bertz CT molecular complexity index is 1080. The molecule has 1 saturated carbocycles. The molecule has 6 nitrogen and oxygen atoms in total. The van der Waals surface area contributed by atoms with E-state index in [0.717, 1.165) is 25.0 Å². The van der Waals surface area contributed by atoms with Crippen LogP contribution in [-0.4, -0.2) is 78.3 Å². The number of alkyl halides is 4. The van der Waals surface area contributed by atoms with Crippen molar-refractivity contribution in [3.05, 3.63) is 41.5 Å². The van der Waals surface area contributed by atoms with Crippen LogP contribution in [0.3, 0.4) is 0 Å². The highest BCUT2D eigenvalue weighted by Crippen LogP contribution is 2.59. The summed E-state index contributed by atoms with van der Waals surface area (Å²) in [6.07, 6.45) is -0.00100. The van der Waals surface area contributed by atoms with Gasteiger partial charge in [0.25, 0.3) is 0 Å². The number of carbonyl (C=O) groups excluding carboxylic acids is 2. The second-order valence-electron chi connectivity index (χ2n) is 12.4. The highest BCUT2D eigenvalue weighted by molar-refractivity contribution is 6.19. The molecule has 0 radical (unpaired) electrons. The zero-order valence-electron chi connectivity index (χ0n) is 23.3. The molecule has 2 unspecified atom stereocenters. The number of piperazine rings is 1. The predicted octanol–water partition coefficient (Wildman–Crippen LogP) is 5.94. The van der Waals surface area contributed by atoms with Gasteiger partial charge in [-0.2, -0.15) is 13.2 Å². The van der Waals surface area contributed by atoms with E-state index in [2.05, 4.69) is 30.1 Å². The quantitative estimate of drug-likeness (QED) is 0.312. The Morgan fingerprint density at radius 3 is 2.28 bits per heavy atom. The minimum absolute atomic E-state index is 0.0559. The van der Waals surface area contributed by atoms with Crippen molar-refractivity contribution in [2.75, 3.05) is 57.0 Å². The van der Waals surface area contributed by atoms with Crippen LogP contribution < -0.4 is 5.32 Å². The second kappa shape index (κ2) is 11.3. The van der Waals surface area contributed by atoms with E-state index >= 15 is 0 Å². The molecule has 1 aromatic rings. The number of urea groups is 1. The molecule has 1 N–H and O–H groups in total. The number of carbonyl (C=O) groups is 2. The Hall–Kier alpha value is -2.26. The van der Waals surface area contributed by atoms with Gasteiger partial charge in [-0.3, -0.25) is 9.69 Å². The van der Waals surface area contributed by atoms with Crippen molar-refractivity contribution in [2.24, 2.45) is 22.7 Å². The van der Waals surface area contributed by atoms with Gasteiger partial charge in [-0.15, -0.1) is 11.6 Å². The number of nitrogens with one attached hydrogen (secondary N) is 1. The van der Waals surface area contributed by atoms with Gasteiger partial charge in [0, 0.05) is 57.4 Å². The fraction of sp³-hybridized carbons (Fsp3) is 0.655. The van der Waals surface area contributed by atoms with Crippen LogP contribution in [0.4, 0.5) is 23.7 Å². The van der Waals surface area contributed by atoms with Crippen LogP contribution in [-0.2, 0) is 11.0 Å². The van der Waals surface area contributed by atoms with Gasteiger partial charge < -0.3 is 15.1 Å². The molecule has 5 rings (SSSR count). The Morgan fingerprint density at radius 1 is 1.10 bits per heavy atom. The molecule has 2 fully saturated rings. The molecule has 1 saturated heterocycles. The van der Waals surface area contributed by atoms with Gasteiger partial charge in [0.2, 0.25) is 5.91 Å². The molecule has 39 heavy (non-hydrogen) atoms. The average Bonchev–Trinajstić information content (AvgIpc) is 2.90. The molecule has 2 atom stereocenters. The smallest absolute Gasteiger partial charge is 0.340 e. The molecule has 1 heterocycles. The molecular formula is C29H40ClF3N4O2. The van der Waals surface area contributed by atoms with E-state index in [0.29, 0.717) is 63.3 Å². The maximum Gasteiger partial charge on any atom is 0.416 e. The molecule has 0 aromatic heterocycles. The van der Waals surface area contributed by atoms with E-state index < -0.39 is 17.2 Å².